The van der Waals surface area contributed by atoms with Crippen LogP contribution in [0, 0.1) is 0 Å². The third-order valence-electron chi connectivity index (χ3n) is 2.56. The van der Waals surface area contributed by atoms with Crippen molar-refractivity contribution in [1.82, 2.24) is 0 Å². The lowest BCUT2D eigenvalue weighted by Crippen LogP contribution is -2.52. The highest BCUT2D eigenvalue weighted by Gasteiger charge is 2.39. The Labute approximate surface area is 164 Å². The average Bonchev–Trinajstić information content (AvgIpc) is 2.48. The van der Waals surface area contributed by atoms with Gasteiger partial charge in [0.15, 0.2) is 22.9 Å². The number of aliphatic hydroxyl groups is 1. The molecule has 0 atom stereocenters. The van der Waals surface area contributed by atoms with Crippen LogP contribution in [0.5, 0.6) is 0 Å². The zero-order chi connectivity index (χ0) is 20.8. The van der Waals surface area contributed by atoms with Gasteiger partial charge in [-0.15, -0.1) is 0 Å². The summed E-state index contributed by atoms with van der Waals surface area (Å²) in [6.45, 7) is 16.3. The Morgan fingerprint density at radius 2 is 1.33 bits per heavy atom. The minimum absolute atomic E-state index is 0.131. The van der Waals surface area contributed by atoms with E-state index in [4.69, 9.17) is 18.1 Å². The standard InChI is InChI=1S/C14H34O10Si3/c1-25(2,3)23-27(7,24-26(4,5)6)14-8-10-16-12-13-18-20-22-21-19-17-11-9-15/h9,11,15H,8,10,12-14H2,1-7H3/b11-9-. The van der Waals surface area contributed by atoms with Gasteiger partial charge in [0.2, 0.25) is 0 Å². The number of hydrogen-bond acceptors (Lipinski definition) is 10. The summed E-state index contributed by atoms with van der Waals surface area (Å²) >= 11 is 0. The van der Waals surface area contributed by atoms with Crippen molar-refractivity contribution in [3.63, 3.8) is 0 Å². The Kier molecular flexibility index (Phi) is 13.6. The third-order valence-corrected chi connectivity index (χ3v) is 12.2. The second kappa shape index (κ2) is 13.8. The average molecular weight is 447 g/mol. The van der Waals surface area contributed by atoms with Gasteiger partial charge in [0.05, 0.1) is 6.61 Å². The first kappa shape index (κ1) is 26.7. The van der Waals surface area contributed by atoms with Crippen LogP contribution in [0.15, 0.2) is 12.5 Å². The summed E-state index contributed by atoms with van der Waals surface area (Å²) in [6, 6.07) is 0.884. The fourth-order valence-corrected chi connectivity index (χ4v) is 14.8. The largest absolute Gasteiger partial charge is 0.512 e. The maximum absolute atomic E-state index is 8.21. The first-order valence-electron chi connectivity index (χ1n) is 8.70. The molecule has 0 aromatic rings. The minimum atomic E-state index is -2.22. The fraction of sp³-hybridized carbons (Fsp3) is 0.857. The SMILES string of the molecule is C[Si](C)(C)O[Si](C)(CCCOCCOOOOOO/C=C\O)O[Si](C)(C)C. The van der Waals surface area contributed by atoms with Gasteiger partial charge in [0, 0.05) is 16.7 Å². The molecule has 0 aliphatic rings. The minimum Gasteiger partial charge on any atom is -0.512 e. The van der Waals surface area contributed by atoms with Crippen LogP contribution in [-0.2, 0) is 42.9 Å². The summed E-state index contributed by atoms with van der Waals surface area (Å²) in [5.41, 5.74) is 0. The molecule has 162 valence electrons. The van der Waals surface area contributed by atoms with E-state index in [0.29, 0.717) is 19.5 Å². The second-order valence-electron chi connectivity index (χ2n) is 7.75. The predicted octanol–water partition coefficient (Wildman–Crippen LogP) is 3.87. The Balaban J connectivity index is 3.83. The molecule has 0 amide bonds. The number of rotatable bonds is 17. The Hall–Kier alpha value is -0.329. The summed E-state index contributed by atoms with van der Waals surface area (Å²) in [4.78, 5) is 8.71. The molecular formula is C14H34O10Si3. The normalized spacial score (nSPS) is 13.4. The number of hydrogen-bond donors (Lipinski definition) is 1. The van der Waals surface area contributed by atoms with Crippen molar-refractivity contribution in [2.24, 2.45) is 0 Å². The molecule has 0 aromatic carbocycles. The summed E-state index contributed by atoms with van der Waals surface area (Å²) < 4.78 is 18.3. The van der Waals surface area contributed by atoms with Gasteiger partial charge in [0.1, 0.15) is 12.9 Å². The Bertz CT molecular complexity index is 382. The van der Waals surface area contributed by atoms with Crippen LogP contribution >= 0.6 is 0 Å². The first-order chi connectivity index (χ1) is 12.5. The topological polar surface area (TPSA) is 103 Å². The van der Waals surface area contributed by atoms with Gasteiger partial charge in [-0.3, -0.25) is 0 Å². The summed E-state index contributed by atoms with van der Waals surface area (Å²) in [7, 11) is -5.57. The summed E-state index contributed by atoms with van der Waals surface area (Å²) in [5.74, 6) is 0. The Morgan fingerprint density at radius 3 is 1.89 bits per heavy atom. The van der Waals surface area contributed by atoms with Gasteiger partial charge in [-0.05, 0) is 68.4 Å². The Morgan fingerprint density at radius 1 is 0.741 bits per heavy atom. The van der Waals surface area contributed by atoms with Crippen molar-refractivity contribution in [3.8, 4) is 0 Å². The van der Waals surface area contributed by atoms with E-state index in [1.807, 2.05) is 0 Å². The number of aliphatic hydroxyl groups excluding tert-OH is 1. The van der Waals surface area contributed by atoms with Crippen LogP contribution in [0.3, 0.4) is 0 Å². The lowest BCUT2D eigenvalue weighted by molar-refractivity contribution is -0.751. The van der Waals surface area contributed by atoms with Crippen molar-refractivity contribution in [2.75, 3.05) is 19.8 Å². The molecule has 0 saturated carbocycles. The van der Waals surface area contributed by atoms with Crippen LogP contribution in [0.2, 0.25) is 51.9 Å². The van der Waals surface area contributed by atoms with E-state index in [-0.39, 0.29) is 6.61 Å². The van der Waals surface area contributed by atoms with Gasteiger partial charge in [-0.25, -0.2) is 4.89 Å². The van der Waals surface area contributed by atoms with Crippen molar-refractivity contribution in [2.45, 2.75) is 58.3 Å². The molecule has 0 aromatic heterocycles. The molecule has 0 heterocycles. The molecule has 27 heavy (non-hydrogen) atoms. The van der Waals surface area contributed by atoms with E-state index < -0.39 is 25.2 Å². The predicted molar refractivity (Wildman–Crippen MR) is 104 cm³/mol. The van der Waals surface area contributed by atoms with Crippen LogP contribution in [0.25, 0.3) is 0 Å². The molecule has 1 N–H and O–H groups in total. The number of ether oxygens (including phenoxy) is 1. The molecule has 0 aliphatic carbocycles. The smallest absolute Gasteiger partial charge is 0.314 e. The molecule has 13 heteroatoms. The zero-order valence-corrected chi connectivity index (χ0v) is 20.3. The second-order valence-corrected chi connectivity index (χ2v) is 20.6. The summed E-state index contributed by atoms with van der Waals surface area (Å²) in [5, 5.41) is 24.2. The molecule has 10 nitrogen and oxygen atoms in total. The van der Waals surface area contributed by atoms with Crippen molar-refractivity contribution in [3.05, 3.63) is 12.5 Å². The molecule has 0 saturated heterocycles. The maximum Gasteiger partial charge on any atom is 0.314 e. The van der Waals surface area contributed by atoms with Crippen LogP contribution in [0.4, 0.5) is 0 Å². The van der Waals surface area contributed by atoms with Gasteiger partial charge >= 0.3 is 8.56 Å². The van der Waals surface area contributed by atoms with E-state index in [2.05, 4.69) is 75.8 Å². The van der Waals surface area contributed by atoms with Crippen molar-refractivity contribution >= 4 is 25.2 Å². The lowest BCUT2D eigenvalue weighted by atomic mass is 10.5. The zero-order valence-electron chi connectivity index (χ0n) is 17.3. The molecule has 0 radical (unpaired) electrons. The fourth-order valence-electron chi connectivity index (χ4n) is 2.25. The van der Waals surface area contributed by atoms with E-state index >= 15 is 0 Å². The van der Waals surface area contributed by atoms with Crippen LogP contribution in [0.1, 0.15) is 6.42 Å². The monoisotopic (exact) mass is 446 g/mol. The molecule has 0 bridgehead atoms. The first-order valence-corrected chi connectivity index (χ1v) is 18.0. The van der Waals surface area contributed by atoms with Crippen LogP contribution < -0.4 is 0 Å². The molecular weight excluding hydrogens is 412 g/mol. The van der Waals surface area contributed by atoms with Gasteiger partial charge in [-0.1, -0.05) is 0 Å². The highest BCUT2D eigenvalue weighted by molar-refractivity contribution is 6.87. The van der Waals surface area contributed by atoms with Crippen molar-refractivity contribution in [1.29, 1.82) is 0 Å². The maximum atomic E-state index is 8.21. The quantitative estimate of drug-likeness (QED) is 0.116. The molecule has 0 aliphatic heterocycles. The van der Waals surface area contributed by atoms with Gasteiger partial charge in [-0.2, -0.15) is 0 Å². The van der Waals surface area contributed by atoms with E-state index in [9.17, 15) is 0 Å². The van der Waals surface area contributed by atoms with Gasteiger partial charge < -0.3 is 23.0 Å². The molecule has 0 rings (SSSR count). The van der Waals surface area contributed by atoms with E-state index in [0.717, 1.165) is 18.7 Å². The molecule has 0 fully saturated rings. The third kappa shape index (κ3) is 18.8. The van der Waals surface area contributed by atoms with Gasteiger partial charge in [0.25, 0.3) is 0 Å². The molecule has 0 spiro atoms. The van der Waals surface area contributed by atoms with Crippen LogP contribution in [-0.4, -0.2) is 50.1 Å². The summed E-state index contributed by atoms with van der Waals surface area (Å²) in [6.07, 6.45) is 2.24. The highest BCUT2D eigenvalue weighted by Crippen LogP contribution is 2.25. The highest BCUT2D eigenvalue weighted by atomic mass is 28.5. The van der Waals surface area contributed by atoms with E-state index in [1.54, 1.807) is 0 Å². The lowest BCUT2D eigenvalue weighted by Gasteiger charge is -2.38. The van der Waals surface area contributed by atoms with E-state index in [1.165, 1.54) is 0 Å². The van der Waals surface area contributed by atoms with Crippen molar-refractivity contribution < 1.29 is 48.0 Å². The molecule has 0 unspecified atom stereocenters.